The van der Waals surface area contributed by atoms with Crippen LogP contribution in [0.3, 0.4) is 0 Å². The van der Waals surface area contributed by atoms with Crippen molar-refractivity contribution in [2.75, 3.05) is 11.9 Å². The maximum absolute atomic E-state index is 12.8. The third-order valence-corrected chi connectivity index (χ3v) is 5.32. The molecule has 7 heteroatoms. The van der Waals surface area contributed by atoms with Gasteiger partial charge >= 0.3 is 0 Å². The number of rotatable bonds is 5. The Bertz CT molecular complexity index is 936. The first-order valence-corrected chi connectivity index (χ1v) is 9.54. The van der Waals surface area contributed by atoms with Gasteiger partial charge in [-0.1, -0.05) is 60.1 Å². The highest BCUT2D eigenvalue weighted by Gasteiger charge is 2.20. The molecule has 0 spiro atoms. The van der Waals surface area contributed by atoms with Gasteiger partial charge in [0.05, 0.1) is 22.1 Å². The summed E-state index contributed by atoms with van der Waals surface area (Å²) >= 11 is 6.07. The van der Waals surface area contributed by atoms with Crippen LogP contribution in [0.15, 0.2) is 71.8 Å². The standard InChI is InChI=1S/C19H16ClN3O2S/c1-23(15-10-6-3-7-11-15)19(24)16-12-17(21-22-18(16)20)26(25)13-14-8-4-2-5-9-14/h2-12H,13H2,1H3. The van der Waals surface area contributed by atoms with E-state index in [1.165, 1.54) is 11.0 Å². The van der Waals surface area contributed by atoms with Gasteiger partial charge in [0.25, 0.3) is 5.91 Å². The maximum Gasteiger partial charge on any atom is 0.261 e. The summed E-state index contributed by atoms with van der Waals surface area (Å²) in [5, 5.41) is 7.92. The first-order chi connectivity index (χ1) is 12.6. The van der Waals surface area contributed by atoms with Gasteiger partial charge in [-0.2, -0.15) is 0 Å². The molecule has 3 rings (SSSR count). The van der Waals surface area contributed by atoms with Crippen LogP contribution >= 0.6 is 11.6 Å². The van der Waals surface area contributed by atoms with Gasteiger partial charge < -0.3 is 4.90 Å². The van der Waals surface area contributed by atoms with E-state index in [1.54, 1.807) is 7.05 Å². The SMILES string of the molecule is CN(C(=O)c1cc(S(=O)Cc2ccccc2)nnc1Cl)c1ccccc1. The molecule has 0 radical (unpaired) electrons. The third kappa shape index (κ3) is 4.15. The van der Waals surface area contributed by atoms with Gasteiger partial charge in [-0.05, 0) is 23.8 Å². The van der Waals surface area contributed by atoms with Gasteiger partial charge in [0.15, 0.2) is 10.2 Å². The third-order valence-electron chi connectivity index (χ3n) is 3.78. The van der Waals surface area contributed by atoms with Crippen LogP contribution in [0.4, 0.5) is 5.69 Å². The van der Waals surface area contributed by atoms with Crippen LogP contribution in [0.5, 0.6) is 0 Å². The number of amides is 1. The zero-order chi connectivity index (χ0) is 18.5. The predicted molar refractivity (Wildman–Crippen MR) is 103 cm³/mol. The van der Waals surface area contributed by atoms with Crippen LogP contribution in [-0.2, 0) is 16.6 Å². The summed E-state index contributed by atoms with van der Waals surface area (Å²) in [6.07, 6.45) is 0. The van der Waals surface area contributed by atoms with E-state index in [1.807, 2.05) is 60.7 Å². The van der Waals surface area contributed by atoms with E-state index in [4.69, 9.17) is 11.6 Å². The van der Waals surface area contributed by atoms with Crippen LogP contribution < -0.4 is 4.90 Å². The van der Waals surface area contributed by atoms with Gasteiger partial charge in [0, 0.05) is 12.7 Å². The molecule has 2 aromatic carbocycles. The van der Waals surface area contributed by atoms with E-state index < -0.39 is 10.8 Å². The normalized spacial score (nSPS) is 11.8. The lowest BCUT2D eigenvalue weighted by Gasteiger charge is -2.17. The second kappa shape index (κ2) is 8.21. The van der Waals surface area contributed by atoms with Gasteiger partial charge in [-0.25, -0.2) is 0 Å². The molecule has 0 N–H and O–H groups in total. The summed E-state index contributed by atoms with van der Waals surface area (Å²) < 4.78 is 12.6. The number of halogens is 1. The molecule has 1 amide bonds. The molecule has 1 atom stereocenters. The van der Waals surface area contributed by atoms with E-state index >= 15 is 0 Å². The molecule has 1 heterocycles. The van der Waals surface area contributed by atoms with Gasteiger partial charge in [-0.3, -0.25) is 9.00 Å². The average Bonchev–Trinajstić information content (AvgIpc) is 2.68. The van der Waals surface area contributed by atoms with Crippen LogP contribution in [0, 0.1) is 0 Å². The molecule has 1 aromatic heterocycles. The number of nitrogens with zero attached hydrogens (tertiary/aromatic N) is 3. The monoisotopic (exact) mass is 385 g/mol. The van der Waals surface area contributed by atoms with E-state index in [0.29, 0.717) is 5.75 Å². The number of anilines is 1. The number of para-hydroxylation sites is 1. The molecule has 0 aliphatic heterocycles. The molecule has 5 nitrogen and oxygen atoms in total. The van der Waals surface area contributed by atoms with Crippen molar-refractivity contribution in [2.45, 2.75) is 10.8 Å². The molecule has 3 aromatic rings. The summed E-state index contributed by atoms with van der Waals surface area (Å²) in [6.45, 7) is 0. The topological polar surface area (TPSA) is 63.2 Å². The first kappa shape index (κ1) is 18.2. The van der Waals surface area contributed by atoms with Crippen LogP contribution in [0.1, 0.15) is 15.9 Å². The van der Waals surface area contributed by atoms with Crippen molar-refractivity contribution in [1.29, 1.82) is 0 Å². The second-order valence-corrected chi connectivity index (χ2v) is 7.32. The number of carbonyl (C=O) groups is 1. The molecule has 0 saturated carbocycles. The lowest BCUT2D eigenvalue weighted by Crippen LogP contribution is -2.27. The zero-order valence-electron chi connectivity index (χ0n) is 14.0. The second-order valence-electron chi connectivity index (χ2n) is 5.56. The van der Waals surface area contributed by atoms with Crippen LogP contribution in [0.2, 0.25) is 5.15 Å². The first-order valence-electron chi connectivity index (χ1n) is 7.85. The Balaban J connectivity index is 1.85. The van der Waals surface area contributed by atoms with Crippen molar-refractivity contribution in [3.8, 4) is 0 Å². The largest absolute Gasteiger partial charge is 0.311 e. The van der Waals surface area contributed by atoms with Gasteiger partial charge in [0.2, 0.25) is 0 Å². The molecule has 0 aliphatic rings. The minimum absolute atomic E-state index is 0.0155. The number of hydrogen-bond acceptors (Lipinski definition) is 4. The lowest BCUT2D eigenvalue weighted by atomic mass is 10.2. The number of benzene rings is 2. The van der Waals surface area contributed by atoms with Crippen molar-refractivity contribution < 1.29 is 9.00 Å². The molecule has 0 saturated heterocycles. The maximum atomic E-state index is 12.8. The summed E-state index contributed by atoms with van der Waals surface area (Å²) in [4.78, 5) is 14.2. The fourth-order valence-electron chi connectivity index (χ4n) is 2.37. The van der Waals surface area contributed by atoms with Crippen molar-refractivity contribution >= 4 is 34.0 Å². The van der Waals surface area contributed by atoms with E-state index in [9.17, 15) is 9.00 Å². The summed E-state index contributed by atoms with van der Waals surface area (Å²) in [6, 6.07) is 20.1. The lowest BCUT2D eigenvalue weighted by molar-refractivity contribution is 0.0992. The minimum Gasteiger partial charge on any atom is -0.311 e. The molecule has 1 unspecified atom stereocenters. The molecule has 0 bridgehead atoms. The average molecular weight is 386 g/mol. The molecular weight excluding hydrogens is 370 g/mol. The van der Waals surface area contributed by atoms with Crippen LogP contribution in [0.25, 0.3) is 0 Å². The van der Waals surface area contributed by atoms with E-state index in [0.717, 1.165) is 11.3 Å². The zero-order valence-corrected chi connectivity index (χ0v) is 15.6. The fraction of sp³-hybridized carbons (Fsp3) is 0.105. The smallest absolute Gasteiger partial charge is 0.261 e. The Labute approximate surface area is 159 Å². The van der Waals surface area contributed by atoms with Crippen molar-refractivity contribution in [2.24, 2.45) is 0 Å². The Hall–Kier alpha value is -2.57. The Morgan fingerprint density at radius 2 is 1.65 bits per heavy atom. The highest BCUT2D eigenvalue weighted by molar-refractivity contribution is 7.84. The Kier molecular flexibility index (Phi) is 5.75. The predicted octanol–water partition coefficient (Wildman–Crippen LogP) is 3.71. The van der Waals surface area contributed by atoms with Crippen LogP contribution in [-0.4, -0.2) is 27.4 Å². The van der Waals surface area contributed by atoms with Crippen molar-refractivity contribution in [3.63, 3.8) is 0 Å². The highest BCUT2D eigenvalue weighted by Crippen LogP contribution is 2.21. The van der Waals surface area contributed by atoms with Crippen molar-refractivity contribution in [1.82, 2.24) is 10.2 Å². The van der Waals surface area contributed by atoms with Gasteiger partial charge in [-0.15, -0.1) is 10.2 Å². The molecular formula is C19H16ClN3O2S. The Morgan fingerprint density at radius 1 is 1.04 bits per heavy atom. The van der Waals surface area contributed by atoms with E-state index in [-0.39, 0.29) is 21.6 Å². The summed E-state index contributed by atoms with van der Waals surface area (Å²) in [5.74, 6) is -0.0479. The van der Waals surface area contributed by atoms with Crippen molar-refractivity contribution in [3.05, 3.63) is 83.0 Å². The molecule has 26 heavy (non-hydrogen) atoms. The Morgan fingerprint density at radius 3 is 2.31 bits per heavy atom. The quantitative estimate of drug-likeness (QED) is 0.671. The summed E-state index contributed by atoms with van der Waals surface area (Å²) in [5.41, 5.74) is 1.80. The minimum atomic E-state index is -1.43. The molecule has 0 fully saturated rings. The number of carbonyl (C=O) groups excluding carboxylic acids is 1. The fourth-order valence-corrected chi connectivity index (χ4v) is 3.57. The van der Waals surface area contributed by atoms with E-state index in [2.05, 4.69) is 10.2 Å². The molecule has 0 aliphatic carbocycles. The highest BCUT2D eigenvalue weighted by atomic mass is 35.5. The summed E-state index contributed by atoms with van der Waals surface area (Å²) in [7, 11) is 0.218. The number of hydrogen-bond donors (Lipinski definition) is 0. The van der Waals surface area contributed by atoms with Gasteiger partial charge in [0.1, 0.15) is 0 Å². The number of aromatic nitrogens is 2. The molecule has 132 valence electrons.